The van der Waals surface area contributed by atoms with Crippen molar-refractivity contribution in [3.63, 3.8) is 0 Å². The SMILES string of the molecule is Cc1ccncc1CNC(=O)c1cc(C(=O)O)on1. The molecule has 0 aliphatic rings. The fourth-order valence-electron chi connectivity index (χ4n) is 1.43. The lowest BCUT2D eigenvalue weighted by Gasteiger charge is -2.05. The van der Waals surface area contributed by atoms with E-state index in [1.807, 2.05) is 13.0 Å². The molecule has 2 aromatic rings. The molecule has 0 atom stereocenters. The summed E-state index contributed by atoms with van der Waals surface area (Å²) in [6.45, 7) is 2.19. The van der Waals surface area contributed by atoms with Crippen LogP contribution >= 0.6 is 0 Å². The Morgan fingerprint density at radius 1 is 1.47 bits per heavy atom. The summed E-state index contributed by atoms with van der Waals surface area (Å²) < 4.78 is 4.50. The number of hydrogen-bond acceptors (Lipinski definition) is 5. The van der Waals surface area contributed by atoms with Crippen molar-refractivity contribution in [1.82, 2.24) is 15.5 Å². The molecule has 0 aliphatic heterocycles. The molecule has 0 aromatic carbocycles. The van der Waals surface area contributed by atoms with Gasteiger partial charge in [-0.2, -0.15) is 0 Å². The third kappa shape index (κ3) is 2.95. The van der Waals surface area contributed by atoms with Gasteiger partial charge in [-0.1, -0.05) is 5.16 Å². The molecule has 0 radical (unpaired) electrons. The first kappa shape index (κ1) is 12.7. The minimum absolute atomic E-state index is 0.0704. The normalized spacial score (nSPS) is 10.2. The van der Waals surface area contributed by atoms with Crippen LogP contribution < -0.4 is 5.32 Å². The van der Waals surface area contributed by atoms with Crippen molar-refractivity contribution < 1.29 is 19.2 Å². The summed E-state index contributed by atoms with van der Waals surface area (Å²) in [5.74, 6) is -2.14. The minimum atomic E-state index is -1.27. The third-order valence-electron chi connectivity index (χ3n) is 2.54. The molecule has 19 heavy (non-hydrogen) atoms. The number of pyridine rings is 1. The molecule has 0 saturated heterocycles. The zero-order valence-corrected chi connectivity index (χ0v) is 10.1. The number of carbonyl (C=O) groups is 2. The van der Waals surface area contributed by atoms with E-state index in [0.717, 1.165) is 17.2 Å². The van der Waals surface area contributed by atoms with Crippen molar-refractivity contribution in [2.75, 3.05) is 0 Å². The average molecular weight is 261 g/mol. The molecule has 0 unspecified atom stereocenters. The third-order valence-corrected chi connectivity index (χ3v) is 2.54. The van der Waals surface area contributed by atoms with Crippen molar-refractivity contribution in [2.24, 2.45) is 0 Å². The van der Waals surface area contributed by atoms with E-state index in [9.17, 15) is 9.59 Å². The number of carbonyl (C=O) groups excluding carboxylic acids is 1. The van der Waals surface area contributed by atoms with Gasteiger partial charge in [0, 0.05) is 25.0 Å². The van der Waals surface area contributed by atoms with Crippen LogP contribution in [0.4, 0.5) is 0 Å². The zero-order valence-electron chi connectivity index (χ0n) is 10.1. The van der Waals surface area contributed by atoms with Crippen molar-refractivity contribution in [2.45, 2.75) is 13.5 Å². The standard InChI is InChI=1S/C12H11N3O4/c1-7-2-3-13-5-8(7)6-14-11(16)9-4-10(12(17)18)19-15-9/h2-5H,6H2,1H3,(H,14,16)(H,17,18). The highest BCUT2D eigenvalue weighted by molar-refractivity contribution is 5.94. The molecule has 0 bridgehead atoms. The van der Waals surface area contributed by atoms with Crippen LogP contribution in [-0.4, -0.2) is 27.1 Å². The molecule has 2 aromatic heterocycles. The van der Waals surface area contributed by atoms with E-state index in [4.69, 9.17) is 5.11 Å². The van der Waals surface area contributed by atoms with Gasteiger partial charge in [0.2, 0.25) is 5.76 Å². The largest absolute Gasteiger partial charge is 0.475 e. The van der Waals surface area contributed by atoms with Gasteiger partial charge in [-0.15, -0.1) is 0 Å². The number of nitrogens with one attached hydrogen (secondary N) is 1. The Kier molecular flexibility index (Phi) is 3.56. The first-order valence-corrected chi connectivity index (χ1v) is 5.45. The van der Waals surface area contributed by atoms with E-state index in [0.29, 0.717) is 0 Å². The van der Waals surface area contributed by atoms with E-state index in [1.54, 1.807) is 12.4 Å². The number of aromatic nitrogens is 2. The maximum Gasteiger partial charge on any atom is 0.374 e. The van der Waals surface area contributed by atoms with E-state index < -0.39 is 11.9 Å². The van der Waals surface area contributed by atoms with Gasteiger partial charge in [-0.25, -0.2) is 4.79 Å². The highest BCUT2D eigenvalue weighted by Gasteiger charge is 2.16. The quantitative estimate of drug-likeness (QED) is 0.850. The molecule has 7 nitrogen and oxygen atoms in total. The number of carboxylic acids is 1. The molecule has 0 aliphatic carbocycles. The summed E-state index contributed by atoms with van der Waals surface area (Å²) in [7, 11) is 0. The van der Waals surface area contributed by atoms with Crippen LogP contribution in [0, 0.1) is 6.92 Å². The highest BCUT2D eigenvalue weighted by Crippen LogP contribution is 2.06. The van der Waals surface area contributed by atoms with Crippen LogP contribution in [0.2, 0.25) is 0 Å². The number of hydrogen-bond donors (Lipinski definition) is 2. The van der Waals surface area contributed by atoms with Crippen LogP contribution in [-0.2, 0) is 6.54 Å². The van der Waals surface area contributed by atoms with E-state index in [2.05, 4.69) is 20.0 Å². The molecular formula is C12H11N3O4. The van der Waals surface area contributed by atoms with Gasteiger partial charge < -0.3 is 14.9 Å². The fourth-order valence-corrected chi connectivity index (χ4v) is 1.43. The van der Waals surface area contributed by atoms with Crippen molar-refractivity contribution in [3.8, 4) is 0 Å². The Morgan fingerprint density at radius 3 is 2.89 bits per heavy atom. The molecule has 98 valence electrons. The second-order valence-electron chi connectivity index (χ2n) is 3.87. The van der Waals surface area contributed by atoms with E-state index in [1.165, 1.54) is 0 Å². The average Bonchev–Trinajstić information content (AvgIpc) is 2.87. The summed E-state index contributed by atoms with van der Waals surface area (Å²) in [5.41, 5.74) is 1.80. The lowest BCUT2D eigenvalue weighted by molar-refractivity contribution is 0.0651. The molecular weight excluding hydrogens is 250 g/mol. The Hall–Kier alpha value is -2.70. The lowest BCUT2D eigenvalue weighted by atomic mass is 10.1. The summed E-state index contributed by atoms with van der Waals surface area (Å²) >= 11 is 0. The topological polar surface area (TPSA) is 105 Å². The Morgan fingerprint density at radius 2 is 2.26 bits per heavy atom. The summed E-state index contributed by atoms with van der Waals surface area (Å²) in [4.78, 5) is 26.3. The summed E-state index contributed by atoms with van der Waals surface area (Å²) in [6.07, 6.45) is 3.32. The highest BCUT2D eigenvalue weighted by atomic mass is 16.5. The lowest BCUT2D eigenvalue weighted by Crippen LogP contribution is -2.23. The summed E-state index contributed by atoms with van der Waals surface area (Å²) in [6, 6.07) is 2.91. The molecule has 2 N–H and O–H groups in total. The molecule has 0 saturated carbocycles. The van der Waals surface area contributed by atoms with E-state index >= 15 is 0 Å². The smallest absolute Gasteiger partial charge is 0.374 e. The molecule has 2 rings (SSSR count). The minimum Gasteiger partial charge on any atom is -0.475 e. The van der Waals surface area contributed by atoms with Crippen LogP contribution in [0.25, 0.3) is 0 Å². The van der Waals surface area contributed by atoms with Gasteiger partial charge in [0.05, 0.1) is 0 Å². The molecule has 0 fully saturated rings. The Balaban J connectivity index is 2.01. The maximum atomic E-state index is 11.7. The number of aromatic carboxylic acids is 1. The predicted octanol–water partition coefficient (Wildman–Crippen LogP) is 1.01. The number of aryl methyl sites for hydroxylation is 1. The fraction of sp³-hybridized carbons (Fsp3) is 0.167. The van der Waals surface area contributed by atoms with Crippen LogP contribution in [0.5, 0.6) is 0 Å². The van der Waals surface area contributed by atoms with Crippen molar-refractivity contribution in [1.29, 1.82) is 0 Å². The maximum absolute atomic E-state index is 11.7. The molecule has 2 heterocycles. The molecule has 7 heteroatoms. The van der Waals surface area contributed by atoms with Gasteiger partial charge >= 0.3 is 5.97 Å². The first-order valence-electron chi connectivity index (χ1n) is 5.45. The molecule has 0 spiro atoms. The van der Waals surface area contributed by atoms with Gasteiger partial charge in [0.25, 0.3) is 5.91 Å². The number of nitrogens with zero attached hydrogens (tertiary/aromatic N) is 2. The second kappa shape index (κ2) is 5.30. The zero-order chi connectivity index (χ0) is 13.8. The van der Waals surface area contributed by atoms with Gasteiger partial charge in [-0.3, -0.25) is 9.78 Å². The van der Waals surface area contributed by atoms with Crippen molar-refractivity contribution in [3.05, 3.63) is 47.1 Å². The van der Waals surface area contributed by atoms with Gasteiger partial charge in [0.15, 0.2) is 5.69 Å². The van der Waals surface area contributed by atoms with E-state index in [-0.39, 0.29) is 18.0 Å². The number of rotatable bonds is 4. The number of amides is 1. The van der Waals surface area contributed by atoms with Crippen LogP contribution in [0.15, 0.2) is 29.0 Å². The predicted molar refractivity (Wildman–Crippen MR) is 63.6 cm³/mol. The Labute approximate surface area is 108 Å². The van der Waals surface area contributed by atoms with Gasteiger partial charge in [0.1, 0.15) is 0 Å². The van der Waals surface area contributed by atoms with Crippen molar-refractivity contribution >= 4 is 11.9 Å². The summed E-state index contributed by atoms with van der Waals surface area (Å²) in [5, 5.41) is 14.7. The van der Waals surface area contributed by atoms with Crippen LogP contribution in [0.1, 0.15) is 32.2 Å². The first-order chi connectivity index (χ1) is 9.08. The molecule has 1 amide bonds. The monoisotopic (exact) mass is 261 g/mol. The number of carboxylic acid groups (broad SMARTS) is 1. The van der Waals surface area contributed by atoms with Gasteiger partial charge in [-0.05, 0) is 24.1 Å². The second-order valence-corrected chi connectivity index (χ2v) is 3.87. The van der Waals surface area contributed by atoms with Crippen LogP contribution in [0.3, 0.4) is 0 Å². The Bertz CT molecular complexity index is 621.